The van der Waals surface area contributed by atoms with Gasteiger partial charge in [-0.1, -0.05) is 7.43 Å². The summed E-state index contributed by atoms with van der Waals surface area (Å²) in [5, 5.41) is 50.3. The van der Waals surface area contributed by atoms with Gasteiger partial charge in [0.1, 0.15) is 11.8 Å². The smallest absolute Gasteiger partial charge is 0.372 e. The van der Waals surface area contributed by atoms with Gasteiger partial charge in [-0.15, -0.1) is 0 Å². The van der Waals surface area contributed by atoms with Crippen molar-refractivity contribution in [1.29, 1.82) is 5.41 Å². The van der Waals surface area contributed by atoms with Gasteiger partial charge in [0.25, 0.3) is 0 Å². The molecule has 1 aliphatic heterocycles. The fourth-order valence-electron chi connectivity index (χ4n) is 1.93. The number of nitrogens with two attached hydrogens (primary N) is 4. The van der Waals surface area contributed by atoms with Gasteiger partial charge >= 0.3 is 23.9 Å². The summed E-state index contributed by atoms with van der Waals surface area (Å²) in [6, 6.07) is -0.979. The van der Waals surface area contributed by atoms with E-state index in [2.05, 4.69) is 5.73 Å². The molecule has 0 aliphatic carbocycles. The molecule has 2 atom stereocenters. The molecule has 0 aromatic rings. The second kappa shape index (κ2) is 23.8. The largest absolute Gasteiger partial charge is 0.480 e. The zero-order valence-electron chi connectivity index (χ0n) is 21.5. The van der Waals surface area contributed by atoms with Gasteiger partial charge in [0.15, 0.2) is 0 Å². The average Bonchev–Trinajstić information content (AvgIpc) is 3.19. The standard InChI is InChI=1S/C5H10N2O3.C5H8N2O3.2C5H7NO4.CH4.H2O/c2*6-3(5(9)10)1-2-4(7)8;7-3-1-2-5(10,6-3)4(8)9;6-4(8)2-1-3(7)5(9)10;;/h3H,1-2,6H2,(H2,7,8)(H,9,10);6H,1-2H2,(H2,7,8)(H,9,10);10H,1-2H2,(H,6,7)(H,8,9);1-2H2,(H2,6,8)(H,9,10);1H4;1H2. The monoisotopic (exact) mass is 614 g/mol. The van der Waals surface area contributed by atoms with Gasteiger partial charge in [0, 0.05) is 44.9 Å². The lowest BCUT2D eigenvalue weighted by atomic mass is 10.2. The highest BCUT2D eigenvalue weighted by Gasteiger charge is 2.42. The van der Waals surface area contributed by atoms with E-state index in [1.807, 2.05) is 5.32 Å². The predicted molar refractivity (Wildman–Crippen MR) is 139 cm³/mol. The lowest BCUT2D eigenvalue weighted by Crippen LogP contribution is -2.48. The molecule has 0 spiro atoms. The lowest BCUT2D eigenvalue weighted by Gasteiger charge is -2.14. The first-order chi connectivity index (χ1) is 18.2. The number of hydrogen-bond acceptors (Lipinski definition) is 12. The number of nitrogens with one attached hydrogen (secondary N) is 2. The van der Waals surface area contributed by atoms with Crippen molar-refractivity contribution in [2.75, 3.05) is 0 Å². The molecule has 0 aromatic carbocycles. The fourth-order valence-corrected chi connectivity index (χ4v) is 1.93. The van der Waals surface area contributed by atoms with E-state index in [1.165, 1.54) is 0 Å². The number of Topliss-reactive ketones (excluding diaryl/α,β-unsaturated/α-hetero) is 1. The highest BCUT2D eigenvalue weighted by Crippen LogP contribution is 2.16. The van der Waals surface area contributed by atoms with Gasteiger partial charge in [0.05, 0.1) is 0 Å². The maximum absolute atomic E-state index is 10.4. The van der Waals surface area contributed by atoms with Crippen LogP contribution in [0.1, 0.15) is 58.8 Å². The molecule has 2 unspecified atom stereocenters. The van der Waals surface area contributed by atoms with Gasteiger partial charge in [0.2, 0.25) is 35.1 Å². The fraction of sp³-hybridized carbons (Fsp3) is 0.524. The zero-order valence-corrected chi connectivity index (χ0v) is 21.5. The Morgan fingerprint density at radius 2 is 1.24 bits per heavy atom. The Morgan fingerprint density at radius 3 is 1.50 bits per heavy atom. The Morgan fingerprint density at radius 1 is 0.810 bits per heavy atom. The summed E-state index contributed by atoms with van der Waals surface area (Å²) in [6.45, 7) is 0. The van der Waals surface area contributed by atoms with Crippen LogP contribution in [-0.4, -0.2) is 102 Å². The number of carbonyl (C=O) groups is 9. The number of carbonyl (C=O) groups excluding carboxylic acids is 5. The van der Waals surface area contributed by atoms with Gasteiger partial charge in [-0.3, -0.25) is 34.2 Å². The highest BCUT2D eigenvalue weighted by atomic mass is 16.4. The Kier molecular flexibility index (Phi) is 26.6. The number of ketones is 1. The molecule has 0 radical (unpaired) electrons. The Bertz CT molecular complexity index is 961. The van der Waals surface area contributed by atoms with Crippen molar-refractivity contribution >= 4 is 59.0 Å². The third-order valence-corrected chi connectivity index (χ3v) is 4.15. The highest BCUT2D eigenvalue weighted by molar-refractivity contribution is 6.34. The first-order valence-electron chi connectivity index (χ1n) is 10.8. The summed E-state index contributed by atoms with van der Waals surface area (Å²) >= 11 is 0. The van der Waals surface area contributed by atoms with Crippen LogP contribution in [0.3, 0.4) is 0 Å². The summed E-state index contributed by atoms with van der Waals surface area (Å²) in [7, 11) is 0. The Labute approximate surface area is 238 Å². The van der Waals surface area contributed by atoms with Crippen LogP contribution in [0.2, 0.25) is 0 Å². The van der Waals surface area contributed by atoms with Crippen LogP contribution >= 0.6 is 0 Å². The topological polar surface area (TPSA) is 426 Å². The molecule has 0 saturated carbocycles. The number of aliphatic hydroxyl groups is 1. The summed E-state index contributed by atoms with van der Waals surface area (Å²) in [4.78, 5) is 90.8. The van der Waals surface area contributed by atoms with Crippen molar-refractivity contribution in [2.24, 2.45) is 22.9 Å². The molecule has 4 amide bonds. The third-order valence-electron chi connectivity index (χ3n) is 4.15. The SMILES string of the molecule is C.N=C(CCC(N)=O)C(=O)O.NC(=O)CCC(=O)C(=O)O.NC(=O)CCC(N)C(=O)O.O.O=C1CCC(O)(C(=O)O)N1. The van der Waals surface area contributed by atoms with E-state index < -0.39 is 70.8 Å². The first kappa shape index (κ1) is 46.8. The van der Waals surface area contributed by atoms with Crippen molar-refractivity contribution in [2.45, 2.75) is 70.6 Å². The van der Waals surface area contributed by atoms with E-state index in [9.17, 15) is 43.2 Å². The molecule has 21 heteroatoms. The molecule has 1 rings (SSSR count). The maximum Gasteiger partial charge on any atom is 0.372 e. The molecule has 242 valence electrons. The summed E-state index contributed by atoms with van der Waals surface area (Å²) in [6.07, 6.45) is -0.548. The Balaban J connectivity index is -0.000000143. The van der Waals surface area contributed by atoms with Gasteiger partial charge in [-0.2, -0.15) is 0 Å². The van der Waals surface area contributed by atoms with Crippen molar-refractivity contribution in [3.8, 4) is 0 Å². The van der Waals surface area contributed by atoms with E-state index in [0.717, 1.165) is 0 Å². The number of carboxylic acid groups (broad SMARTS) is 4. The molecule has 0 bridgehead atoms. The molecule has 42 heavy (non-hydrogen) atoms. The molecule has 1 fully saturated rings. The minimum atomic E-state index is -2.02. The van der Waals surface area contributed by atoms with E-state index in [1.54, 1.807) is 0 Å². The van der Waals surface area contributed by atoms with Crippen LogP contribution in [0.25, 0.3) is 0 Å². The number of primary amides is 3. The minimum absolute atomic E-state index is 0. The van der Waals surface area contributed by atoms with Gasteiger partial charge in [-0.05, 0) is 6.42 Å². The molecule has 17 N–H and O–H groups in total. The van der Waals surface area contributed by atoms with Gasteiger partial charge < -0.3 is 59.3 Å². The minimum Gasteiger partial charge on any atom is -0.480 e. The predicted octanol–water partition coefficient (Wildman–Crippen LogP) is -4.59. The molecule has 21 nitrogen and oxygen atoms in total. The number of hydrogen-bond donors (Lipinski definition) is 11. The van der Waals surface area contributed by atoms with E-state index in [0.29, 0.717) is 0 Å². The van der Waals surface area contributed by atoms with Crippen molar-refractivity contribution < 1.29 is 74.2 Å². The zero-order chi connectivity index (χ0) is 32.2. The first-order valence-corrected chi connectivity index (χ1v) is 10.8. The number of aliphatic carboxylic acids is 4. The van der Waals surface area contributed by atoms with Crippen LogP contribution in [0.4, 0.5) is 0 Å². The molecule has 1 heterocycles. The number of amides is 4. The second-order valence-corrected chi connectivity index (χ2v) is 7.61. The van der Waals surface area contributed by atoms with Gasteiger partial charge in [-0.25, -0.2) is 14.4 Å². The average molecular weight is 615 g/mol. The van der Waals surface area contributed by atoms with Crippen LogP contribution in [-0.2, 0) is 43.2 Å². The maximum atomic E-state index is 10.4. The quantitative estimate of drug-likeness (QED) is 0.0686. The molecule has 0 aromatic heterocycles. The third kappa shape index (κ3) is 26.6. The van der Waals surface area contributed by atoms with E-state index in [4.69, 9.17) is 48.1 Å². The number of rotatable bonds is 13. The van der Waals surface area contributed by atoms with Crippen LogP contribution in [0.5, 0.6) is 0 Å². The van der Waals surface area contributed by atoms with Crippen LogP contribution in [0.15, 0.2) is 0 Å². The van der Waals surface area contributed by atoms with E-state index >= 15 is 0 Å². The molecule has 1 saturated heterocycles. The molecule has 1 aliphatic rings. The van der Waals surface area contributed by atoms with Crippen molar-refractivity contribution in [3.05, 3.63) is 0 Å². The van der Waals surface area contributed by atoms with Crippen LogP contribution in [0, 0.1) is 5.41 Å². The Hall–Kier alpha value is -5.02. The summed E-state index contributed by atoms with van der Waals surface area (Å²) in [5.41, 5.74) is 16.7. The lowest BCUT2D eigenvalue weighted by molar-refractivity contribution is -0.161. The van der Waals surface area contributed by atoms with Crippen LogP contribution < -0.4 is 28.3 Å². The normalized spacial score (nSPS) is 14.8. The van der Waals surface area contributed by atoms with Crippen molar-refractivity contribution in [1.82, 2.24) is 5.32 Å². The summed E-state index contributed by atoms with van der Waals surface area (Å²) < 4.78 is 0. The van der Waals surface area contributed by atoms with E-state index in [-0.39, 0.29) is 64.3 Å². The number of carboxylic acids is 4. The van der Waals surface area contributed by atoms with Crippen molar-refractivity contribution in [3.63, 3.8) is 0 Å². The summed E-state index contributed by atoms with van der Waals surface area (Å²) in [5.74, 6) is -8.55. The molecular weight excluding hydrogens is 576 g/mol. The second-order valence-electron chi connectivity index (χ2n) is 7.61. The molecular formula is C21H38N6O15.